The molecule has 0 rings (SSSR count). The summed E-state index contributed by atoms with van der Waals surface area (Å²) in [6.07, 6.45) is -1.44. The van der Waals surface area contributed by atoms with Crippen molar-refractivity contribution in [3.63, 3.8) is 0 Å². The molecule has 0 spiro atoms. The van der Waals surface area contributed by atoms with Crippen LogP contribution in [-0.4, -0.2) is 63.6 Å². The molecule has 0 atom stereocenters. The molecule has 0 aliphatic heterocycles. The summed E-state index contributed by atoms with van der Waals surface area (Å²) in [5, 5.41) is 0. The minimum absolute atomic E-state index is 0.189. The molecule has 0 amide bonds. The van der Waals surface area contributed by atoms with E-state index in [1.165, 1.54) is 0 Å². The normalized spacial score (nSPS) is 14.5. The summed E-state index contributed by atoms with van der Waals surface area (Å²) < 4.78 is 62.0. The summed E-state index contributed by atoms with van der Waals surface area (Å²) in [7, 11) is -4.18. The highest BCUT2D eigenvalue weighted by atomic mass is 28.3. The van der Waals surface area contributed by atoms with Gasteiger partial charge in [-0.2, -0.15) is 17.6 Å². The minimum Gasteiger partial charge on any atom is -0.324 e. The fourth-order valence-electron chi connectivity index (χ4n) is 3.77. The third-order valence-electron chi connectivity index (χ3n) is 5.88. The Bertz CT molecular complexity index is 372. The molecule has 0 fully saturated rings. The maximum absolute atomic E-state index is 14.4. The van der Waals surface area contributed by atoms with Gasteiger partial charge in [0.15, 0.2) is 0 Å². The van der Waals surface area contributed by atoms with Gasteiger partial charge in [-0.25, -0.2) is 0 Å². The Morgan fingerprint density at radius 2 is 0.808 bits per heavy atom. The van der Waals surface area contributed by atoms with Crippen LogP contribution in [0.4, 0.5) is 17.6 Å². The first kappa shape index (κ1) is 26.1. The Labute approximate surface area is 160 Å². The number of rotatable bonds is 13. The smallest absolute Gasteiger partial charge is 0.310 e. The summed E-state index contributed by atoms with van der Waals surface area (Å²) in [5.74, 6) is -7.86. The molecular weight excluding hydrogens is 376 g/mol. The molecule has 0 bridgehead atoms. The zero-order valence-electron chi connectivity index (χ0n) is 18.1. The SMILES string of the molecule is CCN(CC)[Si](C)(C)CCC(F)(F)C(F)(F)CC[Si](C)(C)N(CC)CC. The van der Waals surface area contributed by atoms with Crippen molar-refractivity contribution < 1.29 is 17.6 Å². The van der Waals surface area contributed by atoms with Gasteiger partial charge in [0.05, 0.1) is 0 Å². The number of nitrogens with zero attached hydrogens (tertiary/aromatic N) is 2. The highest BCUT2D eigenvalue weighted by Crippen LogP contribution is 2.43. The lowest BCUT2D eigenvalue weighted by molar-refractivity contribution is -0.210. The third-order valence-corrected chi connectivity index (χ3v) is 13.5. The summed E-state index contributed by atoms with van der Waals surface area (Å²) in [6.45, 7) is 19.0. The fourth-order valence-corrected chi connectivity index (χ4v) is 9.68. The highest BCUT2D eigenvalue weighted by molar-refractivity contribution is 6.75. The average Bonchev–Trinajstić information content (AvgIpc) is 2.53. The van der Waals surface area contributed by atoms with Gasteiger partial charge in [0, 0.05) is 12.8 Å². The van der Waals surface area contributed by atoms with Crippen molar-refractivity contribution >= 4 is 16.5 Å². The van der Waals surface area contributed by atoms with E-state index in [0.29, 0.717) is 0 Å². The van der Waals surface area contributed by atoms with Crippen LogP contribution in [0.2, 0.25) is 38.3 Å². The second kappa shape index (κ2) is 10.0. The quantitative estimate of drug-likeness (QED) is 0.263. The molecule has 0 heterocycles. The number of hydrogen-bond acceptors (Lipinski definition) is 2. The first-order chi connectivity index (χ1) is 11.7. The second-order valence-electron chi connectivity index (χ2n) is 8.38. The molecule has 0 radical (unpaired) electrons. The van der Waals surface area contributed by atoms with Crippen molar-refractivity contribution in [1.29, 1.82) is 0 Å². The number of halogens is 4. The summed E-state index contributed by atoms with van der Waals surface area (Å²) >= 11 is 0. The third kappa shape index (κ3) is 6.91. The highest BCUT2D eigenvalue weighted by Gasteiger charge is 2.56. The van der Waals surface area contributed by atoms with Crippen LogP contribution in [0.3, 0.4) is 0 Å². The molecule has 0 saturated carbocycles. The lowest BCUT2D eigenvalue weighted by atomic mass is 10.1. The van der Waals surface area contributed by atoms with E-state index in [9.17, 15) is 17.6 Å². The van der Waals surface area contributed by atoms with Gasteiger partial charge < -0.3 is 9.13 Å². The average molecular weight is 417 g/mol. The van der Waals surface area contributed by atoms with Crippen LogP contribution in [0.25, 0.3) is 0 Å². The lowest BCUT2D eigenvalue weighted by Crippen LogP contribution is -2.52. The Balaban J connectivity index is 4.99. The van der Waals surface area contributed by atoms with Crippen molar-refractivity contribution in [3.8, 4) is 0 Å². The van der Waals surface area contributed by atoms with Gasteiger partial charge in [0.1, 0.15) is 16.5 Å². The molecule has 26 heavy (non-hydrogen) atoms. The molecule has 0 aliphatic rings. The lowest BCUT2D eigenvalue weighted by Gasteiger charge is -2.39. The van der Waals surface area contributed by atoms with E-state index < -0.39 is 41.2 Å². The van der Waals surface area contributed by atoms with Gasteiger partial charge >= 0.3 is 11.8 Å². The Hall–Kier alpha value is 0.0738. The number of alkyl halides is 4. The maximum Gasteiger partial charge on any atom is 0.310 e. The van der Waals surface area contributed by atoms with Gasteiger partial charge in [-0.05, 0) is 38.3 Å². The Morgan fingerprint density at radius 1 is 0.577 bits per heavy atom. The fraction of sp³-hybridized carbons (Fsp3) is 1.00. The summed E-state index contributed by atoms with van der Waals surface area (Å²) in [6, 6.07) is 0.377. The van der Waals surface area contributed by atoms with E-state index in [2.05, 4.69) is 9.13 Å². The van der Waals surface area contributed by atoms with Gasteiger partial charge in [0.25, 0.3) is 0 Å². The van der Waals surface area contributed by atoms with E-state index in [0.717, 1.165) is 26.2 Å². The zero-order valence-corrected chi connectivity index (χ0v) is 20.1. The molecular formula is C18H40F4N2Si2. The Morgan fingerprint density at radius 3 is 1.00 bits per heavy atom. The van der Waals surface area contributed by atoms with Crippen molar-refractivity contribution in [2.75, 3.05) is 26.2 Å². The topological polar surface area (TPSA) is 6.48 Å². The number of hydrogen-bond donors (Lipinski definition) is 0. The summed E-state index contributed by atoms with van der Waals surface area (Å²) in [4.78, 5) is 0. The molecule has 0 N–H and O–H groups in total. The zero-order chi connectivity index (χ0) is 20.8. The van der Waals surface area contributed by atoms with Gasteiger partial charge in [-0.3, -0.25) is 0 Å². The van der Waals surface area contributed by atoms with Crippen LogP contribution in [0.1, 0.15) is 40.5 Å². The predicted molar refractivity (Wildman–Crippen MR) is 110 cm³/mol. The van der Waals surface area contributed by atoms with Crippen LogP contribution in [0.5, 0.6) is 0 Å². The molecule has 0 saturated heterocycles. The molecule has 2 nitrogen and oxygen atoms in total. The minimum atomic E-state index is -3.93. The second-order valence-corrected chi connectivity index (χ2v) is 17.9. The van der Waals surface area contributed by atoms with Crippen molar-refractivity contribution in [2.45, 2.75) is 90.7 Å². The standard InChI is InChI=1S/C18H40F4N2Si2/c1-9-23(10-2)25(5,6)15-13-17(19,20)18(21,22)14-16-26(7,8)24(11-3)12-4/h9-16H2,1-8H3. The van der Waals surface area contributed by atoms with Crippen LogP contribution >= 0.6 is 0 Å². The van der Waals surface area contributed by atoms with Gasteiger partial charge in [-0.15, -0.1) is 0 Å². The van der Waals surface area contributed by atoms with Gasteiger partial charge in [-0.1, -0.05) is 53.9 Å². The maximum atomic E-state index is 14.4. The molecule has 0 unspecified atom stereocenters. The molecule has 158 valence electrons. The Kier molecular flexibility index (Phi) is 10.1. The van der Waals surface area contributed by atoms with Crippen LogP contribution in [0.15, 0.2) is 0 Å². The van der Waals surface area contributed by atoms with Crippen molar-refractivity contribution in [3.05, 3.63) is 0 Å². The van der Waals surface area contributed by atoms with E-state index in [-0.39, 0.29) is 12.1 Å². The summed E-state index contributed by atoms with van der Waals surface area (Å²) in [5.41, 5.74) is 0. The molecule has 0 aliphatic carbocycles. The first-order valence-corrected chi connectivity index (χ1v) is 16.3. The van der Waals surface area contributed by atoms with E-state index >= 15 is 0 Å². The van der Waals surface area contributed by atoms with Crippen LogP contribution in [0, 0.1) is 0 Å². The van der Waals surface area contributed by atoms with Crippen molar-refractivity contribution in [1.82, 2.24) is 9.13 Å². The van der Waals surface area contributed by atoms with E-state index in [4.69, 9.17) is 0 Å². The monoisotopic (exact) mass is 416 g/mol. The van der Waals surface area contributed by atoms with Crippen molar-refractivity contribution in [2.24, 2.45) is 0 Å². The molecule has 0 aromatic carbocycles. The largest absolute Gasteiger partial charge is 0.324 e. The van der Waals surface area contributed by atoms with E-state index in [1.807, 2.05) is 53.9 Å². The molecule has 0 aromatic rings. The van der Waals surface area contributed by atoms with Gasteiger partial charge in [0.2, 0.25) is 0 Å². The van der Waals surface area contributed by atoms with Crippen LogP contribution < -0.4 is 0 Å². The molecule has 8 heteroatoms. The predicted octanol–water partition coefficient (Wildman–Crippen LogP) is 6.13. The molecule has 0 aromatic heterocycles. The van der Waals surface area contributed by atoms with E-state index in [1.54, 1.807) is 0 Å². The first-order valence-electron chi connectivity index (χ1n) is 9.96. The van der Waals surface area contributed by atoms with Crippen LogP contribution in [-0.2, 0) is 0 Å².